The highest BCUT2D eigenvalue weighted by Crippen LogP contribution is 2.37. The van der Waals surface area contributed by atoms with Gasteiger partial charge in [0.15, 0.2) is 11.5 Å². The fourth-order valence-electron chi connectivity index (χ4n) is 2.79. The summed E-state index contributed by atoms with van der Waals surface area (Å²) < 4.78 is 12.4. The van der Waals surface area contributed by atoms with Crippen LogP contribution < -0.4 is 14.8 Å². The Balaban J connectivity index is 1.84. The van der Waals surface area contributed by atoms with E-state index in [2.05, 4.69) is 21.2 Å². The molecule has 0 radical (unpaired) electrons. The van der Waals surface area contributed by atoms with E-state index < -0.39 is 5.97 Å². The monoisotopic (exact) mass is 475 g/mol. The molecule has 0 saturated heterocycles. The summed E-state index contributed by atoms with van der Waals surface area (Å²) in [5, 5.41) is 12.7. The maximum atomic E-state index is 11.3. The molecule has 0 aromatic heterocycles. The van der Waals surface area contributed by atoms with Crippen molar-refractivity contribution in [3.05, 3.63) is 86.8 Å². The van der Waals surface area contributed by atoms with Crippen LogP contribution in [0.15, 0.2) is 65.1 Å². The normalized spacial score (nSPS) is 10.4. The molecule has 0 fully saturated rings. The minimum atomic E-state index is -1.08. The molecule has 0 bridgehead atoms. The van der Waals surface area contributed by atoms with Crippen LogP contribution in [0.1, 0.15) is 21.5 Å². The van der Waals surface area contributed by atoms with Gasteiger partial charge in [0.1, 0.15) is 6.61 Å². The van der Waals surface area contributed by atoms with Crippen LogP contribution in [-0.4, -0.2) is 18.2 Å². The lowest BCUT2D eigenvalue weighted by atomic mass is 10.1. The minimum Gasteiger partial charge on any atom is -0.493 e. The van der Waals surface area contributed by atoms with E-state index in [-0.39, 0.29) is 10.6 Å². The quantitative estimate of drug-likeness (QED) is 0.417. The van der Waals surface area contributed by atoms with Crippen molar-refractivity contribution in [2.24, 2.45) is 0 Å². The van der Waals surface area contributed by atoms with Gasteiger partial charge in [-0.05, 0) is 35.9 Å². The Kier molecular flexibility index (Phi) is 7.01. The summed E-state index contributed by atoms with van der Waals surface area (Å²) >= 11 is 9.51. The molecule has 0 atom stereocenters. The summed E-state index contributed by atoms with van der Waals surface area (Å²) in [6, 6.07) is 18.4. The highest BCUT2D eigenvalue weighted by atomic mass is 79.9. The smallest absolute Gasteiger partial charge is 0.337 e. The number of aromatic carboxylic acids is 1. The number of anilines is 1. The van der Waals surface area contributed by atoms with Crippen LogP contribution in [0.25, 0.3) is 0 Å². The van der Waals surface area contributed by atoms with Gasteiger partial charge in [-0.25, -0.2) is 4.79 Å². The summed E-state index contributed by atoms with van der Waals surface area (Å²) in [6.07, 6.45) is 0. The van der Waals surface area contributed by atoms with E-state index in [1.54, 1.807) is 19.2 Å². The van der Waals surface area contributed by atoms with E-state index in [9.17, 15) is 9.90 Å². The van der Waals surface area contributed by atoms with Crippen molar-refractivity contribution < 1.29 is 19.4 Å². The van der Waals surface area contributed by atoms with E-state index in [0.717, 1.165) is 15.6 Å². The number of methoxy groups -OCH3 is 1. The minimum absolute atomic E-state index is 0.0434. The third kappa shape index (κ3) is 5.22. The second-order valence-corrected chi connectivity index (χ2v) is 7.45. The van der Waals surface area contributed by atoms with Gasteiger partial charge in [0, 0.05) is 22.3 Å². The number of hydrogen-bond acceptors (Lipinski definition) is 4. The van der Waals surface area contributed by atoms with E-state index in [1.165, 1.54) is 6.07 Å². The van der Waals surface area contributed by atoms with Crippen LogP contribution in [0.5, 0.6) is 11.5 Å². The van der Waals surface area contributed by atoms with E-state index in [1.807, 2.05) is 42.5 Å². The number of carboxylic acid groups (broad SMARTS) is 1. The number of carboxylic acids is 1. The summed E-state index contributed by atoms with van der Waals surface area (Å²) in [4.78, 5) is 11.3. The van der Waals surface area contributed by atoms with E-state index in [4.69, 9.17) is 21.1 Å². The van der Waals surface area contributed by atoms with Crippen LogP contribution in [0, 0.1) is 0 Å². The first kappa shape index (κ1) is 21.0. The first-order valence-electron chi connectivity index (χ1n) is 8.78. The molecule has 3 rings (SSSR count). The topological polar surface area (TPSA) is 67.8 Å². The fourth-order valence-corrected chi connectivity index (χ4v) is 3.44. The van der Waals surface area contributed by atoms with Gasteiger partial charge >= 0.3 is 5.97 Å². The van der Waals surface area contributed by atoms with Gasteiger partial charge in [-0.15, -0.1) is 0 Å². The Morgan fingerprint density at radius 1 is 1.14 bits per heavy atom. The largest absolute Gasteiger partial charge is 0.493 e. The van der Waals surface area contributed by atoms with Gasteiger partial charge in [-0.3, -0.25) is 0 Å². The number of ether oxygens (including phenoxy) is 2. The van der Waals surface area contributed by atoms with Gasteiger partial charge in [0.05, 0.1) is 17.7 Å². The second-order valence-electron chi connectivity index (χ2n) is 6.18. The molecule has 29 heavy (non-hydrogen) atoms. The van der Waals surface area contributed by atoms with Crippen LogP contribution in [0.2, 0.25) is 5.02 Å². The lowest BCUT2D eigenvalue weighted by Gasteiger charge is -2.18. The Labute approximate surface area is 182 Å². The molecular formula is C22H19BrClNO4. The van der Waals surface area contributed by atoms with Gasteiger partial charge in [-0.1, -0.05) is 57.9 Å². The molecule has 0 aliphatic heterocycles. The summed E-state index contributed by atoms with van der Waals surface area (Å²) in [6.45, 7) is 0.785. The number of carbonyl (C=O) groups is 1. The Morgan fingerprint density at radius 3 is 2.59 bits per heavy atom. The lowest BCUT2D eigenvalue weighted by Crippen LogP contribution is -2.07. The summed E-state index contributed by atoms with van der Waals surface area (Å²) in [5.41, 5.74) is 2.57. The average molecular weight is 477 g/mol. The third-order valence-electron chi connectivity index (χ3n) is 4.28. The first-order chi connectivity index (χ1) is 14.0. The van der Waals surface area contributed by atoms with Crippen LogP contribution in [0.4, 0.5) is 5.69 Å². The van der Waals surface area contributed by atoms with Crippen molar-refractivity contribution >= 4 is 39.2 Å². The zero-order valence-corrected chi connectivity index (χ0v) is 18.0. The number of hydrogen-bond donors (Lipinski definition) is 2. The van der Waals surface area contributed by atoms with E-state index in [0.29, 0.717) is 30.3 Å². The zero-order chi connectivity index (χ0) is 20.8. The molecule has 0 spiro atoms. The molecule has 3 aromatic carbocycles. The predicted molar refractivity (Wildman–Crippen MR) is 117 cm³/mol. The summed E-state index contributed by atoms with van der Waals surface area (Å²) in [7, 11) is 1.59. The Hall–Kier alpha value is -2.70. The molecular weight excluding hydrogens is 458 g/mol. The highest BCUT2D eigenvalue weighted by Gasteiger charge is 2.16. The average Bonchev–Trinajstić information content (AvgIpc) is 2.73. The fraction of sp³-hybridized carbons (Fsp3) is 0.136. The highest BCUT2D eigenvalue weighted by molar-refractivity contribution is 9.10. The molecule has 3 aromatic rings. The second kappa shape index (κ2) is 9.67. The zero-order valence-electron chi connectivity index (χ0n) is 15.6. The molecule has 0 amide bonds. The third-order valence-corrected chi connectivity index (χ3v) is 5.35. The van der Waals surface area contributed by atoms with Crippen molar-refractivity contribution in [3.8, 4) is 11.5 Å². The number of halogens is 2. The lowest BCUT2D eigenvalue weighted by molar-refractivity contribution is 0.0697. The Bertz CT molecular complexity index is 1010. The molecule has 0 aliphatic carbocycles. The van der Waals surface area contributed by atoms with Gasteiger partial charge in [0.2, 0.25) is 0 Å². The van der Waals surface area contributed by atoms with Gasteiger partial charge < -0.3 is 19.9 Å². The summed E-state index contributed by atoms with van der Waals surface area (Å²) in [5.74, 6) is 0.155. The predicted octanol–water partition coefficient (Wildman–Crippen LogP) is 6.00. The number of nitrogens with one attached hydrogen (secondary N) is 1. The first-order valence-corrected chi connectivity index (χ1v) is 9.95. The van der Waals surface area contributed by atoms with Gasteiger partial charge in [0.25, 0.3) is 0 Å². The standard InChI is InChI=1S/C22H19BrClNO4/c1-28-20-10-8-18(23)17(21(20)29-13-14-5-3-2-4-6-14)12-25-15-7-9-19(24)16(11-15)22(26)27/h2-11,25H,12-13H2,1H3,(H,26,27). The molecule has 0 unspecified atom stereocenters. The van der Waals surface area contributed by atoms with Crippen LogP contribution in [-0.2, 0) is 13.2 Å². The van der Waals surface area contributed by atoms with E-state index >= 15 is 0 Å². The molecule has 0 heterocycles. The number of rotatable bonds is 8. The van der Waals surface area contributed by atoms with Crippen molar-refractivity contribution in [1.82, 2.24) is 0 Å². The van der Waals surface area contributed by atoms with Crippen molar-refractivity contribution in [2.75, 3.05) is 12.4 Å². The van der Waals surface area contributed by atoms with Crippen LogP contribution in [0.3, 0.4) is 0 Å². The molecule has 2 N–H and O–H groups in total. The molecule has 0 aliphatic rings. The Morgan fingerprint density at radius 2 is 1.90 bits per heavy atom. The molecule has 150 valence electrons. The number of benzene rings is 3. The molecule has 5 nitrogen and oxygen atoms in total. The maximum Gasteiger partial charge on any atom is 0.337 e. The van der Waals surface area contributed by atoms with Gasteiger partial charge in [-0.2, -0.15) is 0 Å². The van der Waals surface area contributed by atoms with Crippen molar-refractivity contribution in [2.45, 2.75) is 13.2 Å². The van der Waals surface area contributed by atoms with Crippen LogP contribution >= 0.6 is 27.5 Å². The molecule has 7 heteroatoms. The maximum absolute atomic E-state index is 11.3. The van der Waals surface area contributed by atoms with Crippen molar-refractivity contribution in [1.29, 1.82) is 0 Å². The van der Waals surface area contributed by atoms with Crippen molar-refractivity contribution in [3.63, 3.8) is 0 Å². The molecule has 0 saturated carbocycles. The SMILES string of the molecule is COc1ccc(Br)c(CNc2ccc(Cl)c(C(=O)O)c2)c1OCc1ccccc1.